The maximum absolute atomic E-state index is 14.5. The number of benzene rings is 2. The SMILES string of the molecule is CC1Oc2c(F)cc(CN3CCN(c4ccc(C(=O)NC5CC5)cc4)CC3)cc2NC1=O. The topological polar surface area (TPSA) is 73.9 Å². The standard InChI is InChI=1S/C24H27FN4O3/c1-15-23(30)27-21-13-16(12-20(25)22(21)32-15)14-28-8-10-29(11-9-28)19-6-2-17(3-7-19)24(31)26-18-4-5-18/h2-3,6-7,12-13,15,18H,4-5,8-11,14H2,1H3,(H,26,31)(H,27,30). The third kappa shape index (κ3) is 4.41. The molecule has 0 aromatic heterocycles. The van der Waals surface area contributed by atoms with Gasteiger partial charge in [-0.2, -0.15) is 0 Å². The average molecular weight is 439 g/mol. The number of fused-ring (bicyclic) bond motifs is 1. The molecule has 5 rings (SSSR count). The molecule has 2 aliphatic heterocycles. The molecule has 8 heteroatoms. The van der Waals surface area contributed by atoms with E-state index in [1.807, 2.05) is 24.3 Å². The minimum absolute atomic E-state index is 0.00259. The Labute approximate surface area is 186 Å². The fourth-order valence-electron chi connectivity index (χ4n) is 4.16. The van der Waals surface area contributed by atoms with Gasteiger partial charge in [-0.1, -0.05) is 0 Å². The van der Waals surface area contributed by atoms with Gasteiger partial charge in [-0.15, -0.1) is 0 Å². The van der Waals surface area contributed by atoms with Crippen LogP contribution < -0.4 is 20.3 Å². The second kappa shape index (κ2) is 8.43. The number of carbonyl (C=O) groups is 2. The number of halogens is 1. The molecule has 2 aromatic rings. The highest BCUT2D eigenvalue weighted by Gasteiger charge is 2.27. The molecule has 1 saturated carbocycles. The Balaban J connectivity index is 1.17. The number of anilines is 2. The molecule has 7 nitrogen and oxygen atoms in total. The number of amides is 2. The molecule has 1 aliphatic carbocycles. The van der Waals surface area contributed by atoms with Crippen molar-refractivity contribution >= 4 is 23.2 Å². The van der Waals surface area contributed by atoms with E-state index in [9.17, 15) is 14.0 Å². The summed E-state index contributed by atoms with van der Waals surface area (Å²) in [5.74, 6) is -0.607. The van der Waals surface area contributed by atoms with Gasteiger partial charge in [-0.05, 0) is 61.7 Å². The highest BCUT2D eigenvalue weighted by molar-refractivity contribution is 5.97. The number of carbonyl (C=O) groups excluding carboxylic acids is 2. The molecular weight excluding hydrogens is 411 g/mol. The number of nitrogens with zero attached hydrogens (tertiary/aromatic N) is 2. The monoisotopic (exact) mass is 438 g/mol. The van der Waals surface area contributed by atoms with E-state index < -0.39 is 11.9 Å². The molecule has 2 aromatic carbocycles. The predicted octanol–water partition coefficient (Wildman–Crippen LogP) is 2.76. The van der Waals surface area contributed by atoms with Gasteiger partial charge in [0.1, 0.15) is 0 Å². The van der Waals surface area contributed by atoms with Crippen molar-refractivity contribution in [3.05, 3.63) is 53.3 Å². The molecule has 0 radical (unpaired) electrons. The van der Waals surface area contributed by atoms with Crippen LogP contribution in [0.4, 0.5) is 15.8 Å². The van der Waals surface area contributed by atoms with E-state index in [4.69, 9.17) is 4.74 Å². The zero-order valence-electron chi connectivity index (χ0n) is 18.1. The van der Waals surface area contributed by atoms with Crippen LogP contribution in [0.2, 0.25) is 0 Å². The van der Waals surface area contributed by atoms with Crippen LogP contribution in [0, 0.1) is 5.82 Å². The van der Waals surface area contributed by atoms with Gasteiger partial charge >= 0.3 is 0 Å². The highest BCUT2D eigenvalue weighted by Crippen LogP contribution is 2.34. The van der Waals surface area contributed by atoms with E-state index >= 15 is 0 Å². The van der Waals surface area contributed by atoms with Crippen molar-refractivity contribution in [2.45, 2.75) is 38.5 Å². The number of rotatable bonds is 5. The molecule has 0 spiro atoms. The van der Waals surface area contributed by atoms with Crippen LogP contribution >= 0.6 is 0 Å². The van der Waals surface area contributed by atoms with Crippen LogP contribution in [-0.4, -0.2) is 55.0 Å². The van der Waals surface area contributed by atoms with E-state index in [0.29, 0.717) is 23.8 Å². The fourth-order valence-corrected chi connectivity index (χ4v) is 4.16. The molecule has 168 valence electrons. The average Bonchev–Trinajstić information content (AvgIpc) is 3.60. The Morgan fingerprint density at radius 2 is 1.88 bits per heavy atom. The number of piperazine rings is 1. The Morgan fingerprint density at radius 3 is 2.56 bits per heavy atom. The van der Waals surface area contributed by atoms with Crippen molar-refractivity contribution in [2.24, 2.45) is 0 Å². The summed E-state index contributed by atoms with van der Waals surface area (Å²) in [5, 5.41) is 5.73. The molecule has 2 heterocycles. The van der Waals surface area contributed by atoms with Crippen molar-refractivity contribution in [2.75, 3.05) is 36.4 Å². The summed E-state index contributed by atoms with van der Waals surface area (Å²) < 4.78 is 19.9. The van der Waals surface area contributed by atoms with Crippen LogP contribution in [0.1, 0.15) is 35.7 Å². The molecule has 3 aliphatic rings. The van der Waals surface area contributed by atoms with Gasteiger partial charge < -0.3 is 20.3 Å². The quantitative estimate of drug-likeness (QED) is 0.751. The molecule has 1 atom stereocenters. The fraction of sp³-hybridized carbons (Fsp3) is 0.417. The first-order valence-electron chi connectivity index (χ1n) is 11.1. The molecule has 0 bridgehead atoms. The van der Waals surface area contributed by atoms with Crippen LogP contribution in [0.3, 0.4) is 0 Å². The molecular formula is C24H27FN4O3. The highest BCUT2D eigenvalue weighted by atomic mass is 19.1. The summed E-state index contributed by atoms with van der Waals surface area (Å²) in [7, 11) is 0. The summed E-state index contributed by atoms with van der Waals surface area (Å²) >= 11 is 0. The molecule has 2 amide bonds. The molecule has 1 unspecified atom stereocenters. The number of nitrogens with one attached hydrogen (secondary N) is 2. The van der Waals surface area contributed by atoms with Crippen molar-refractivity contribution in [1.29, 1.82) is 0 Å². The molecule has 2 fully saturated rings. The largest absolute Gasteiger partial charge is 0.476 e. The van der Waals surface area contributed by atoms with Gasteiger partial charge in [-0.25, -0.2) is 4.39 Å². The van der Waals surface area contributed by atoms with E-state index in [0.717, 1.165) is 50.3 Å². The normalized spacial score (nSPS) is 20.9. The summed E-state index contributed by atoms with van der Waals surface area (Å²) in [6, 6.07) is 11.4. The first-order chi connectivity index (χ1) is 15.5. The maximum atomic E-state index is 14.5. The van der Waals surface area contributed by atoms with Crippen LogP contribution in [-0.2, 0) is 11.3 Å². The molecule has 2 N–H and O–H groups in total. The van der Waals surface area contributed by atoms with Gasteiger partial charge in [0, 0.05) is 50.0 Å². The van der Waals surface area contributed by atoms with Gasteiger partial charge in [0.25, 0.3) is 11.8 Å². The smallest absolute Gasteiger partial charge is 0.265 e. The van der Waals surface area contributed by atoms with Crippen molar-refractivity contribution in [1.82, 2.24) is 10.2 Å². The first-order valence-corrected chi connectivity index (χ1v) is 11.1. The zero-order chi connectivity index (χ0) is 22.2. The van der Waals surface area contributed by atoms with Crippen LogP contribution in [0.5, 0.6) is 5.75 Å². The third-order valence-corrected chi connectivity index (χ3v) is 6.21. The first kappa shape index (κ1) is 20.8. The lowest BCUT2D eigenvalue weighted by atomic mass is 10.1. The minimum atomic E-state index is -0.697. The number of hydrogen-bond donors (Lipinski definition) is 2. The van der Waals surface area contributed by atoms with Gasteiger partial charge in [-0.3, -0.25) is 14.5 Å². The number of ether oxygens (including phenoxy) is 1. The lowest BCUT2D eigenvalue weighted by Crippen LogP contribution is -2.46. The second-order valence-corrected chi connectivity index (χ2v) is 8.76. The second-order valence-electron chi connectivity index (χ2n) is 8.76. The lowest BCUT2D eigenvalue weighted by Gasteiger charge is -2.36. The van der Waals surface area contributed by atoms with Crippen molar-refractivity contribution in [3.8, 4) is 5.75 Å². The number of hydrogen-bond acceptors (Lipinski definition) is 5. The van der Waals surface area contributed by atoms with Crippen molar-refractivity contribution < 1.29 is 18.7 Å². The summed E-state index contributed by atoms with van der Waals surface area (Å²) in [6.45, 7) is 5.56. The zero-order valence-corrected chi connectivity index (χ0v) is 18.1. The van der Waals surface area contributed by atoms with Crippen LogP contribution in [0.25, 0.3) is 0 Å². The van der Waals surface area contributed by atoms with Crippen LogP contribution in [0.15, 0.2) is 36.4 Å². The van der Waals surface area contributed by atoms with Gasteiger partial charge in [0.2, 0.25) is 0 Å². The minimum Gasteiger partial charge on any atom is -0.476 e. The molecule has 1 saturated heterocycles. The third-order valence-electron chi connectivity index (χ3n) is 6.21. The summed E-state index contributed by atoms with van der Waals surface area (Å²) in [6.07, 6.45) is 1.46. The summed E-state index contributed by atoms with van der Waals surface area (Å²) in [4.78, 5) is 28.6. The van der Waals surface area contributed by atoms with Gasteiger partial charge in [0.05, 0.1) is 5.69 Å². The Morgan fingerprint density at radius 1 is 1.16 bits per heavy atom. The van der Waals surface area contributed by atoms with Gasteiger partial charge in [0.15, 0.2) is 17.7 Å². The van der Waals surface area contributed by atoms with E-state index in [1.54, 1.807) is 13.0 Å². The van der Waals surface area contributed by atoms with E-state index in [-0.39, 0.29) is 17.6 Å². The summed E-state index contributed by atoms with van der Waals surface area (Å²) in [5.41, 5.74) is 2.99. The molecule has 32 heavy (non-hydrogen) atoms. The van der Waals surface area contributed by atoms with E-state index in [2.05, 4.69) is 20.4 Å². The van der Waals surface area contributed by atoms with E-state index in [1.165, 1.54) is 6.07 Å². The lowest BCUT2D eigenvalue weighted by molar-refractivity contribution is -0.122. The Hall–Kier alpha value is -3.13. The Kier molecular flexibility index (Phi) is 5.46. The van der Waals surface area contributed by atoms with Crippen molar-refractivity contribution in [3.63, 3.8) is 0 Å². The predicted molar refractivity (Wildman–Crippen MR) is 120 cm³/mol. The maximum Gasteiger partial charge on any atom is 0.265 e. The Bertz CT molecular complexity index is 1030.